The van der Waals surface area contributed by atoms with Gasteiger partial charge in [0.2, 0.25) is 5.91 Å². The van der Waals surface area contributed by atoms with E-state index in [0.717, 1.165) is 6.54 Å². The molecule has 0 saturated carbocycles. The molecule has 4 heteroatoms. The van der Waals surface area contributed by atoms with Gasteiger partial charge in [-0.2, -0.15) is 0 Å². The van der Waals surface area contributed by atoms with Crippen molar-refractivity contribution in [3.63, 3.8) is 0 Å². The first-order chi connectivity index (χ1) is 6.06. The number of likely N-dealkylation sites (tertiary alicyclic amines) is 1. The summed E-state index contributed by atoms with van der Waals surface area (Å²) in [4.78, 5) is 13.2. The smallest absolute Gasteiger partial charge is 0.240 e. The van der Waals surface area contributed by atoms with Crippen LogP contribution in [0.4, 0.5) is 0 Å². The number of aliphatic hydroxyl groups excluding tert-OH is 1. The summed E-state index contributed by atoms with van der Waals surface area (Å²) in [7, 11) is 0. The minimum absolute atomic E-state index is 0.0236. The Hall–Kier alpha value is -0.280. The largest absolute Gasteiger partial charge is 0.396 e. The molecule has 0 bridgehead atoms. The van der Waals surface area contributed by atoms with E-state index < -0.39 is 5.38 Å². The summed E-state index contributed by atoms with van der Waals surface area (Å²) in [5.41, 5.74) is 0. The Morgan fingerprint density at radius 2 is 2.31 bits per heavy atom. The monoisotopic (exact) mass is 205 g/mol. The lowest BCUT2D eigenvalue weighted by molar-refractivity contribution is -0.129. The summed E-state index contributed by atoms with van der Waals surface area (Å²) < 4.78 is 0. The van der Waals surface area contributed by atoms with E-state index >= 15 is 0 Å². The second kappa shape index (κ2) is 4.29. The van der Waals surface area contributed by atoms with Gasteiger partial charge in [-0.25, -0.2) is 0 Å². The third-order valence-corrected chi connectivity index (χ3v) is 2.84. The summed E-state index contributed by atoms with van der Waals surface area (Å²) in [5.74, 6) is 0.577. The predicted molar refractivity (Wildman–Crippen MR) is 51.6 cm³/mol. The van der Waals surface area contributed by atoms with Crippen LogP contribution in [0.15, 0.2) is 0 Å². The van der Waals surface area contributed by atoms with Crippen molar-refractivity contribution in [3.8, 4) is 0 Å². The Morgan fingerprint density at radius 1 is 1.69 bits per heavy atom. The molecule has 1 aliphatic heterocycles. The van der Waals surface area contributed by atoms with Gasteiger partial charge in [0, 0.05) is 25.6 Å². The fraction of sp³-hybridized carbons (Fsp3) is 0.889. The van der Waals surface area contributed by atoms with E-state index in [0.29, 0.717) is 12.5 Å². The number of aliphatic hydroxyl groups is 1. The predicted octanol–water partition coefficient (Wildman–Crippen LogP) is 0.701. The normalized spacial score (nSPS) is 30.6. The Bertz CT molecular complexity index is 196. The molecular formula is C9H16ClNO2. The number of hydrogen-bond acceptors (Lipinski definition) is 2. The fourth-order valence-corrected chi connectivity index (χ4v) is 1.84. The van der Waals surface area contributed by atoms with Crippen LogP contribution in [0.1, 0.15) is 13.8 Å². The maximum atomic E-state index is 11.5. The van der Waals surface area contributed by atoms with E-state index in [-0.39, 0.29) is 18.4 Å². The van der Waals surface area contributed by atoms with Crippen LogP contribution in [-0.4, -0.2) is 41.0 Å². The first-order valence-corrected chi connectivity index (χ1v) is 5.03. The minimum atomic E-state index is -0.454. The number of carbonyl (C=O) groups excluding carboxylic acids is 1. The topological polar surface area (TPSA) is 40.5 Å². The molecule has 3 nitrogen and oxygen atoms in total. The highest BCUT2D eigenvalue weighted by Crippen LogP contribution is 2.23. The molecule has 1 aliphatic rings. The number of alkyl halides is 1. The molecule has 1 heterocycles. The zero-order chi connectivity index (χ0) is 10.0. The highest BCUT2D eigenvalue weighted by Gasteiger charge is 2.32. The number of hydrogen-bond donors (Lipinski definition) is 1. The van der Waals surface area contributed by atoms with Crippen molar-refractivity contribution in [2.45, 2.75) is 19.2 Å². The van der Waals surface area contributed by atoms with Gasteiger partial charge in [-0.1, -0.05) is 6.92 Å². The van der Waals surface area contributed by atoms with Crippen molar-refractivity contribution < 1.29 is 9.90 Å². The molecule has 1 fully saturated rings. The fourth-order valence-electron chi connectivity index (χ4n) is 1.70. The van der Waals surface area contributed by atoms with Gasteiger partial charge < -0.3 is 10.0 Å². The second-order valence-electron chi connectivity index (χ2n) is 3.78. The molecule has 3 atom stereocenters. The van der Waals surface area contributed by atoms with Gasteiger partial charge in [-0.3, -0.25) is 4.79 Å². The van der Waals surface area contributed by atoms with Crippen molar-refractivity contribution in [2.75, 3.05) is 19.7 Å². The average molecular weight is 206 g/mol. The van der Waals surface area contributed by atoms with Crippen LogP contribution < -0.4 is 0 Å². The van der Waals surface area contributed by atoms with Crippen molar-refractivity contribution >= 4 is 17.5 Å². The van der Waals surface area contributed by atoms with E-state index in [4.69, 9.17) is 16.7 Å². The Balaban J connectivity index is 2.53. The molecule has 0 unspecified atom stereocenters. The molecule has 0 radical (unpaired) electrons. The van der Waals surface area contributed by atoms with Crippen LogP contribution in [0.5, 0.6) is 0 Å². The zero-order valence-electron chi connectivity index (χ0n) is 8.03. The van der Waals surface area contributed by atoms with Crippen molar-refractivity contribution in [3.05, 3.63) is 0 Å². The van der Waals surface area contributed by atoms with Gasteiger partial charge in [0.1, 0.15) is 5.38 Å². The van der Waals surface area contributed by atoms with Crippen LogP contribution in [0, 0.1) is 11.8 Å². The highest BCUT2D eigenvalue weighted by atomic mass is 35.5. The number of amides is 1. The van der Waals surface area contributed by atoms with Crippen LogP contribution in [-0.2, 0) is 4.79 Å². The van der Waals surface area contributed by atoms with E-state index in [9.17, 15) is 4.79 Å². The first kappa shape index (κ1) is 10.8. The highest BCUT2D eigenvalue weighted by molar-refractivity contribution is 6.30. The summed E-state index contributed by atoms with van der Waals surface area (Å²) in [6.45, 7) is 5.25. The molecule has 0 spiro atoms. The molecule has 0 aromatic rings. The standard InChI is InChI=1S/C9H16ClNO2/c1-6-3-11(4-8(6)5-12)9(13)7(2)10/h6-8,12H,3-5H2,1-2H3/t6-,7-,8-/m0/s1. The molecule has 0 aromatic carbocycles. The average Bonchev–Trinajstić information content (AvgIpc) is 2.45. The van der Waals surface area contributed by atoms with Crippen LogP contribution in [0.25, 0.3) is 0 Å². The molecule has 1 amide bonds. The van der Waals surface area contributed by atoms with Gasteiger partial charge in [0.25, 0.3) is 0 Å². The van der Waals surface area contributed by atoms with Gasteiger partial charge in [0.15, 0.2) is 0 Å². The molecule has 76 valence electrons. The Kier molecular flexibility index (Phi) is 3.56. The molecule has 13 heavy (non-hydrogen) atoms. The quantitative estimate of drug-likeness (QED) is 0.675. The lowest BCUT2D eigenvalue weighted by atomic mass is 10.00. The maximum absolute atomic E-state index is 11.5. The summed E-state index contributed by atoms with van der Waals surface area (Å²) >= 11 is 5.69. The first-order valence-electron chi connectivity index (χ1n) is 4.60. The van der Waals surface area contributed by atoms with E-state index in [1.807, 2.05) is 6.92 Å². The van der Waals surface area contributed by atoms with Crippen molar-refractivity contribution in [1.29, 1.82) is 0 Å². The SMILES string of the molecule is C[C@H](Cl)C(=O)N1C[C@@H](CO)[C@@H](C)C1. The molecule has 1 rings (SSSR count). The lowest BCUT2D eigenvalue weighted by Gasteiger charge is -2.17. The van der Waals surface area contributed by atoms with Gasteiger partial charge in [-0.15, -0.1) is 11.6 Å². The number of rotatable bonds is 2. The number of nitrogens with zero attached hydrogens (tertiary/aromatic N) is 1. The van der Waals surface area contributed by atoms with E-state index in [1.54, 1.807) is 11.8 Å². The maximum Gasteiger partial charge on any atom is 0.240 e. The Labute approximate surface area is 83.7 Å². The Morgan fingerprint density at radius 3 is 2.69 bits per heavy atom. The third kappa shape index (κ3) is 2.35. The van der Waals surface area contributed by atoms with Gasteiger partial charge in [0.05, 0.1) is 0 Å². The van der Waals surface area contributed by atoms with Crippen LogP contribution in [0.3, 0.4) is 0 Å². The molecule has 1 N–H and O–H groups in total. The number of halogens is 1. The molecule has 0 aliphatic carbocycles. The summed E-state index contributed by atoms with van der Waals surface area (Å²) in [6, 6.07) is 0. The third-order valence-electron chi connectivity index (χ3n) is 2.65. The zero-order valence-corrected chi connectivity index (χ0v) is 8.79. The second-order valence-corrected chi connectivity index (χ2v) is 4.43. The summed E-state index contributed by atoms with van der Waals surface area (Å²) in [6.07, 6.45) is 0. The van der Waals surface area contributed by atoms with Gasteiger partial charge >= 0.3 is 0 Å². The van der Waals surface area contributed by atoms with Gasteiger partial charge in [-0.05, 0) is 12.8 Å². The van der Waals surface area contributed by atoms with E-state index in [1.165, 1.54) is 0 Å². The molecular weight excluding hydrogens is 190 g/mol. The molecule has 1 saturated heterocycles. The van der Waals surface area contributed by atoms with Crippen molar-refractivity contribution in [1.82, 2.24) is 4.90 Å². The summed E-state index contributed by atoms with van der Waals surface area (Å²) in [5, 5.41) is 8.55. The van der Waals surface area contributed by atoms with E-state index in [2.05, 4.69) is 0 Å². The van der Waals surface area contributed by atoms with Crippen molar-refractivity contribution in [2.24, 2.45) is 11.8 Å². The molecule has 0 aromatic heterocycles. The lowest BCUT2D eigenvalue weighted by Crippen LogP contribution is -2.34. The van der Waals surface area contributed by atoms with Crippen LogP contribution >= 0.6 is 11.6 Å². The number of carbonyl (C=O) groups is 1. The van der Waals surface area contributed by atoms with Crippen LogP contribution in [0.2, 0.25) is 0 Å². The minimum Gasteiger partial charge on any atom is -0.396 e.